The molecule has 146 valence electrons. The average molecular weight is 384 g/mol. The number of rotatable bonds is 6. The number of aromatic hydroxyl groups is 1. The minimum Gasteiger partial charge on any atom is -0.508 e. The molecular formula is C25H24N2O2. The van der Waals surface area contributed by atoms with Gasteiger partial charge in [0.1, 0.15) is 5.75 Å². The Bertz CT molecular complexity index is 1130. The quantitative estimate of drug-likeness (QED) is 0.331. The molecule has 0 unspecified atom stereocenters. The maximum absolute atomic E-state index is 10.1. The number of phenols is 1. The van der Waals surface area contributed by atoms with Crippen molar-refractivity contribution in [1.82, 2.24) is 4.57 Å². The molecule has 1 aromatic heterocycles. The maximum atomic E-state index is 10.1. The second-order valence-corrected chi connectivity index (χ2v) is 7.37. The van der Waals surface area contributed by atoms with Crippen LogP contribution in [0.5, 0.6) is 11.5 Å². The van der Waals surface area contributed by atoms with Gasteiger partial charge in [0, 0.05) is 28.7 Å². The van der Waals surface area contributed by atoms with Crippen molar-refractivity contribution in [2.45, 2.75) is 26.3 Å². The summed E-state index contributed by atoms with van der Waals surface area (Å²) in [4.78, 5) is 5.55. The van der Waals surface area contributed by atoms with Crippen LogP contribution in [0.15, 0.2) is 84.0 Å². The number of oxime groups is 1. The number of hydrogen-bond donors (Lipinski definition) is 1. The van der Waals surface area contributed by atoms with E-state index in [2.05, 4.69) is 47.8 Å². The van der Waals surface area contributed by atoms with Gasteiger partial charge >= 0.3 is 0 Å². The molecule has 0 aliphatic carbocycles. The fourth-order valence-corrected chi connectivity index (χ4v) is 3.70. The van der Waals surface area contributed by atoms with Gasteiger partial charge in [-0.2, -0.15) is 0 Å². The molecule has 4 heteroatoms. The summed E-state index contributed by atoms with van der Waals surface area (Å²) in [5, 5.41) is 15.3. The highest BCUT2D eigenvalue weighted by Crippen LogP contribution is 2.33. The summed E-state index contributed by atoms with van der Waals surface area (Å²) in [5.41, 5.74) is 4.42. The molecule has 0 amide bonds. The Hall–Kier alpha value is -3.53. The summed E-state index contributed by atoms with van der Waals surface area (Å²) in [6, 6.07) is 25.4. The largest absolute Gasteiger partial charge is 0.508 e. The van der Waals surface area contributed by atoms with Gasteiger partial charge in [-0.3, -0.25) is 0 Å². The van der Waals surface area contributed by atoms with E-state index in [0.717, 1.165) is 28.7 Å². The molecule has 0 atom stereocenters. The van der Waals surface area contributed by atoms with Gasteiger partial charge in [0.25, 0.3) is 0 Å². The number of phenolic OH excluding ortho intramolecular Hbond substituents is 1. The monoisotopic (exact) mass is 384 g/mol. The Labute approximate surface area is 170 Å². The fourth-order valence-electron chi connectivity index (χ4n) is 3.70. The van der Waals surface area contributed by atoms with E-state index in [0.29, 0.717) is 5.75 Å². The normalized spacial score (nSPS) is 11.6. The van der Waals surface area contributed by atoms with Gasteiger partial charge in [0.05, 0.1) is 6.21 Å². The van der Waals surface area contributed by atoms with Crippen molar-refractivity contribution in [3.05, 3.63) is 95.7 Å². The molecule has 0 bridgehead atoms. The Kier molecular flexibility index (Phi) is 5.34. The maximum Gasteiger partial charge on any atom is 0.157 e. The van der Waals surface area contributed by atoms with Crippen LogP contribution >= 0.6 is 0 Å². The van der Waals surface area contributed by atoms with Gasteiger partial charge in [-0.05, 0) is 41.8 Å². The summed E-state index contributed by atoms with van der Waals surface area (Å²) < 4.78 is 2.30. The smallest absolute Gasteiger partial charge is 0.157 e. The van der Waals surface area contributed by atoms with Crippen LogP contribution < -0.4 is 4.84 Å². The average Bonchev–Trinajstić information content (AvgIpc) is 3.02. The van der Waals surface area contributed by atoms with Crippen LogP contribution in [0.1, 0.15) is 36.6 Å². The van der Waals surface area contributed by atoms with Crippen molar-refractivity contribution in [2.24, 2.45) is 5.16 Å². The lowest BCUT2D eigenvalue weighted by Crippen LogP contribution is -2.07. The number of fused-ring (bicyclic) bond motifs is 1. The molecule has 1 heterocycles. The zero-order chi connectivity index (χ0) is 20.2. The van der Waals surface area contributed by atoms with Crippen molar-refractivity contribution >= 4 is 17.1 Å². The summed E-state index contributed by atoms with van der Waals surface area (Å²) >= 11 is 0. The van der Waals surface area contributed by atoms with Crippen molar-refractivity contribution in [3.63, 3.8) is 0 Å². The van der Waals surface area contributed by atoms with Crippen molar-refractivity contribution < 1.29 is 9.94 Å². The molecule has 0 saturated heterocycles. The Morgan fingerprint density at radius 3 is 2.34 bits per heavy atom. The van der Waals surface area contributed by atoms with E-state index in [-0.39, 0.29) is 11.7 Å². The lowest BCUT2D eigenvalue weighted by molar-refractivity contribution is 0.344. The van der Waals surface area contributed by atoms with Gasteiger partial charge in [-0.25, -0.2) is 0 Å². The zero-order valence-corrected chi connectivity index (χ0v) is 16.6. The standard InChI is InChI=1S/C25H24N2O2/c1-18(2)25-23(16-26-29-21-11-7-4-8-12-21)22-15-20(28)13-14-24(22)27(25)17-19-9-5-3-6-10-19/h3-16,18,28H,17H2,1-2H3/b26-16+. The summed E-state index contributed by atoms with van der Waals surface area (Å²) in [5.74, 6) is 1.19. The van der Waals surface area contributed by atoms with Crippen LogP contribution in [0.2, 0.25) is 0 Å². The van der Waals surface area contributed by atoms with Gasteiger partial charge in [0.2, 0.25) is 0 Å². The Morgan fingerprint density at radius 2 is 1.66 bits per heavy atom. The van der Waals surface area contributed by atoms with Crippen LogP contribution in [0.25, 0.3) is 10.9 Å². The third-order valence-electron chi connectivity index (χ3n) is 4.94. The Balaban J connectivity index is 1.81. The van der Waals surface area contributed by atoms with E-state index >= 15 is 0 Å². The highest BCUT2D eigenvalue weighted by Gasteiger charge is 2.19. The molecular weight excluding hydrogens is 360 g/mol. The molecule has 29 heavy (non-hydrogen) atoms. The number of aromatic nitrogens is 1. The molecule has 0 aliphatic rings. The molecule has 1 N–H and O–H groups in total. The Morgan fingerprint density at radius 1 is 0.966 bits per heavy atom. The molecule has 4 rings (SSSR count). The second kappa shape index (κ2) is 8.23. The predicted octanol–water partition coefficient (Wildman–Crippen LogP) is 5.93. The van der Waals surface area contributed by atoms with Gasteiger partial charge in [0.15, 0.2) is 5.75 Å². The van der Waals surface area contributed by atoms with E-state index < -0.39 is 0 Å². The zero-order valence-electron chi connectivity index (χ0n) is 16.6. The highest BCUT2D eigenvalue weighted by molar-refractivity contribution is 6.02. The van der Waals surface area contributed by atoms with E-state index in [4.69, 9.17) is 4.84 Å². The van der Waals surface area contributed by atoms with Crippen LogP contribution in [0, 0.1) is 0 Å². The molecule has 0 aliphatic heterocycles. The number of para-hydroxylation sites is 1. The SMILES string of the molecule is CC(C)c1c(/C=N/Oc2ccccc2)c2cc(O)ccc2n1Cc1ccccc1. The van der Waals surface area contributed by atoms with Crippen LogP contribution in [0.4, 0.5) is 0 Å². The fraction of sp³-hybridized carbons (Fsp3) is 0.160. The molecule has 0 radical (unpaired) electrons. The minimum atomic E-state index is 0.239. The summed E-state index contributed by atoms with van der Waals surface area (Å²) in [6.07, 6.45) is 1.76. The number of benzene rings is 3. The first-order chi connectivity index (χ1) is 14.1. The first-order valence-electron chi connectivity index (χ1n) is 9.78. The first kappa shape index (κ1) is 18.8. The van der Waals surface area contributed by atoms with E-state index in [1.165, 1.54) is 5.56 Å². The van der Waals surface area contributed by atoms with Crippen molar-refractivity contribution in [3.8, 4) is 11.5 Å². The molecule has 0 fully saturated rings. The highest BCUT2D eigenvalue weighted by atomic mass is 16.6. The minimum absolute atomic E-state index is 0.239. The van der Waals surface area contributed by atoms with Gasteiger partial charge in [-0.1, -0.05) is 67.5 Å². The third kappa shape index (κ3) is 4.02. The van der Waals surface area contributed by atoms with Crippen LogP contribution in [0.3, 0.4) is 0 Å². The van der Waals surface area contributed by atoms with E-state index in [1.807, 2.05) is 42.5 Å². The van der Waals surface area contributed by atoms with E-state index in [1.54, 1.807) is 18.3 Å². The molecule has 0 saturated carbocycles. The van der Waals surface area contributed by atoms with Gasteiger partial charge < -0.3 is 14.5 Å². The lowest BCUT2D eigenvalue weighted by atomic mass is 10.0. The van der Waals surface area contributed by atoms with Crippen LogP contribution in [-0.4, -0.2) is 15.9 Å². The topological polar surface area (TPSA) is 46.8 Å². The van der Waals surface area contributed by atoms with E-state index in [9.17, 15) is 5.11 Å². The predicted molar refractivity (Wildman–Crippen MR) is 118 cm³/mol. The molecule has 0 spiro atoms. The molecule has 3 aromatic carbocycles. The first-order valence-corrected chi connectivity index (χ1v) is 9.78. The molecule has 4 aromatic rings. The molecule has 4 nitrogen and oxygen atoms in total. The lowest BCUT2D eigenvalue weighted by Gasteiger charge is -2.14. The number of nitrogens with zero attached hydrogens (tertiary/aromatic N) is 2. The van der Waals surface area contributed by atoms with Crippen molar-refractivity contribution in [1.29, 1.82) is 0 Å². The summed E-state index contributed by atoms with van der Waals surface area (Å²) in [6.45, 7) is 5.10. The number of hydrogen-bond acceptors (Lipinski definition) is 3. The van der Waals surface area contributed by atoms with Crippen molar-refractivity contribution in [2.75, 3.05) is 0 Å². The second-order valence-electron chi connectivity index (χ2n) is 7.37. The summed E-state index contributed by atoms with van der Waals surface area (Å²) in [7, 11) is 0. The third-order valence-corrected chi connectivity index (χ3v) is 4.94. The van der Waals surface area contributed by atoms with Crippen LogP contribution in [-0.2, 0) is 6.54 Å². The van der Waals surface area contributed by atoms with Gasteiger partial charge in [-0.15, -0.1) is 0 Å².